The van der Waals surface area contributed by atoms with Crippen LogP contribution in [0.25, 0.3) is 17.0 Å². The van der Waals surface area contributed by atoms with Crippen LogP contribution in [0.3, 0.4) is 0 Å². The topological polar surface area (TPSA) is 91.3 Å². The normalized spacial score (nSPS) is 12.1. The minimum Gasteiger partial charge on any atom is -0.361 e. The van der Waals surface area contributed by atoms with Gasteiger partial charge in [0.25, 0.3) is 0 Å². The van der Waals surface area contributed by atoms with E-state index >= 15 is 0 Å². The first-order chi connectivity index (χ1) is 9.51. The number of nitrogens with zero attached hydrogens (tertiary/aromatic N) is 5. The Balaban J connectivity index is 1.86. The molecule has 0 radical (unpaired) electrons. The third kappa shape index (κ3) is 2.69. The summed E-state index contributed by atoms with van der Waals surface area (Å²) in [5.41, 5.74) is 2.03. The second-order valence-electron chi connectivity index (χ2n) is 4.50. The van der Waals surface area contributed by atoms with Crippen molar-refractivity contribution < 1.29 is 8.42 Å². The number of fused-ring (bicyclic) bond motifs is 1. The number of rotatable bonds is 4. The highest BCUT2D eigenvalue weighted by atomic mass is 32.2. The van der Waals surface area contributed by atoms with Crippen molar-refractivity contribution in [3.05, 3.63) is 36.3 Å². The molecule has 7 nitrogen and oxygen atoms in total. The fraction of sp³-hybridized carbons (Fsp3) is 0.250. The van der Waals surface area contributed by atoms with Crippen LogP contribution in [0.2, 0.25) is 0 Å². The van der Waals surface area contributed by atoms with Gasteiger partial charge in [0.2, 0.25) is 0 Å². The smallest absolute Gasteiger partial charge is 0.147 e. The molecule has 0 saturated carbocycles. The maximum absolute atomic E-state index is 11.1. The minimum atomic E-state index is -3.01. The summed E-state index contributed by atoms with van der Waals surface area (Å²) in [6.07, 6.45) is 3.18. The van der Waals surface area contributed by atoms with Crippen LogP contribution in [-0.2, 0) is 16.3 Å². The predicted molar refractivity (Wildman–Crippen MR) is 73.0 cm³/mol. The van der Waals surface area contributed by atoms with Crippen molar-refractivity contribution in [1.29, 1.82) is 0 Å². The molecule has 3 heterocycles. The zero-order valence-electron chi connectivity index (χ0n) is 10.8. The highest BCUT2D eigenvalue weighted by Crippen LogP contribution is 2.15. The second kappa shape index (κ2) is 4.71. The van der Waals surface area contributed by atoms with Gasteiger partial charge >= 0.3 is 0 Å². The average Bonchev–Trinajstić information content (AvgIpc) is 2.94. The third-order valence-corrected chi connectivity index (χ3v) is 3.70. The first kappa shape index (κ1) is 12.8. The molecule has 0 aliphatic rings. The van der Waals surface area contributed by atoms with Gasteiger partial charge in [-0.25, -0.2) is 13.5 Å². The van der Waals surface area contributed by atoms with Crippen LogP contribution in [0.15, 0.2) is 30.5 Å². The summed E-state index contributed by atoms with van der Waals surface area (Å²) in [4.78, 5) is 8.46. The monoisotopic (exact) mass is 290 g/mol. The first-order valence-electron chi connectivity index (χ1n) is 6.00. The Morgan fingerprint density at radius 2 is 2.10 bits per heavy atom. The molecule has 0 unspecified atom stereocenters. The Hall–Kier alpha value is -2.22. The third-order valence-electron chi connectivity index (χ3n) is 2.75. The van der Waals surface area contributed by atoms with Crippen LogP contribution in [0, 0.1) is 0 Å². The molecule has 0 fully saturated rings. The molecule has 20 heavy (non-hydrogen) atoms. The molecular weight excluding hydrogens is 278 g/mol. The van der Waals surface area contributed by atoms with E-state index in [-0.39, 0.29) is 5.75 Å². The van der Waals surface area contributed by atoms with Crippen LogP contribution in [0.5, 0.6) is 0 Å². The number of sulfone groups is 1. The van der Waals surface area contributed by atoms with Crippen molar-refractivity contribution in [2.24, 2.45) is 0 Å². The largest absolute Gasteiger partial charge is 0.361 e. The molecule has 0 amide bonds. The van der Waals surface area contributed by atoms with E-state index in [4.69, 9.17) is 0 Å². The van der Waals surface area contributed by atoms with E-state index in [0.29, 0.717) is 23.6 Å². The quantitative estimate of drug-likeness (QED) is 0.688. The van der Waals surface area contributed by atoms with E-state index in [0.717, 1.165) is 5.69 Å². The van der Waals surface area contributed by atoms with Crippen LogP contribution < -0.4 is 4.98 Å². The fourth-order valence-corrected chi connectivity index (χ4v) is 2.35. The number of aromatic nitrogens is 5. The lowest BCUT2D eigenvalue weighted by Crippen LogP contribution is -2.07. The number of aryl methyl sites for hydroxylation is 1. The van der Waals surface area contributed by atoms with Crippen LogP contribution in [0.4, 0.5) is 0 Å². The van der Waals surface area contributed by atoms with E-state index in [1.54, 1.807) is 12.3 Å². The standard InChI is InChI=1S/C12H12N5O2S/c1-20(18,19)7-5-11-14-12-8-10(15-17(12)16-11)9-4-2-3-6-13-9/h2-4,6,8H,5,7H2,1H3/q-1. The summed E-state index contributed by atoms with van der Waals surface area (Å²) >= 11 is 0. The van der Waals surface area contributed by atoms with Crippen molar-refractivity contribution in [1.82, 2.24) is 24.8 Å². The van der Waals surface area contributed by atoms with E-state index < -0.39 is 9.84 Å². The molecule has 0 saturated heterocycles. The molecular formula is C12H12N5O2S-. The average molecular weight is 290 g/mol. The summed E-state index contributed by atoms with van der Waals surface area (Å²) in [6.45, 7) is 0. The van der Waals surface area contributed by atoms with E-state index in [2.05, 4.69) is 20.2 Å². The van der Waals surface area contributed by atoms with Crippen molar-refractivity contribution in [2.45, 2.75) is 6.42 Å². The number of hydrogen-bond donors (Lipinski definition) is 0. The van der Waals surface area contributed by atoms with Gasteiger partial charge in [0.1, 0.15) is 9.84 Å². The van der Waals surface area contributed by atoms with Gasteiger partial charge in [-0.05, 0) is 30.4 Å². The van der Waals surface area contributed by atoms with Gasteiger partial charge in [0, 0.05) is 18.1 Å². The molecule has 0 N–H and O–H groups in total. The van der Waals surface area contributed by atoms with Gasteiger partial charge in [-0.2, -0.15) is 0 Å². The zero-order chi connectivity index (χ0) is 14.2. The Morgan fingerprint density at radius 1 is 1.25 bits per heavy atom. The molecule has 3 aromatic rings. The van der Waals surface area contributed by atoms with E-state index in [1.807, 2.05) is 18.2 Å². The minimum absolute atomic E-state index is 0.0350. The Kier molecular flexibility index (Phi) is 3.01. The van der Waals surface area contributed by atoms with Crippen LogP contribution in [0.1, 0.15) is 5.82 Å². The summed E-state index contributed by atoms with van der Waals surface area (Å²) in [5, 5.41) is 8.44. The van der Waals surface area contributed by atoms with E-state index in [1.165, 1.54) is 10.9 Å². The Labute approximate surface area is 115 Å². The summed E-state index contributed by atoms with van der Waals surface area (Å²) in [7, 11) is -3.01. The summed E-state index contributed by atoms with van der Waals surface area (Å²) in [6, 6.07) is 7.34. The van der Waals surface area contributed by atoms with E-state index in [9.17, 15) is 8.42 Å². The summed E-state index contributed by atoms with van der Waals surface area (Å²) in [5.74, 6) is 0.512. The summed E-state index contributed by atoms with van der Waals surface area (Å²) < 4.78 is 23.6. The van der Waals surface area contributed by atoms with Gasteiger partial charge in [-0.1, -0.05) is 6.07 Å². The lowest BCUT2D eigenvalue weighted by Gasteiger charge is -1.99. The molecule has 8 heteroatoms. The molecule has 104 valence electrons. The van der Waals surface area contributed by atoms with Gasteiger partial charge in [0.15, 0.2) is 0 Å². The Bertz CT molecular complexity index is 804. The van der Waals surface area contributed by atoms with Crippen molar-refractivity contribution in [3.8, 4) is 11.4 Å². The highest BCUT2D eigenvalue weighted by Gasteiger charge is 2.05. The first-order valence-corrected chi connectivity index (χ1v) is 8.06. The van der Waals surface area contributed by atoms with Gasteiger partial charge < -0.3 is 10.1 Å². The molecule has 0 spiro atoms. The zero-order valence-corrected chi connectivity index (χ0v) is 11.6. The van der Waals surface area contributed by atoms with Crippen molar-refractivity contribution >= 4 is 15.5 Å². The van der Waals surface area contributed by atoms with Crippen LogP contribution in [-0.4, -0.2) is 40.2 Å². The fourth-order valence-electron chi connectivity index (χ4n) is 1.80. The lowest BCUT2D eigenvalue weighted by molar-refractivity contribution is 0.600. The Morgan fingerprint density at radius 3 is 2.75 bits per heavy atom. The predicted octanol–water partition coefficient (Wildman–Crippen LogP) is 0.336. The number of hydrogen-bond acceptors (Lipinski definition) is 5. The highest BCUT2D eigenvalue weighted by molar-refractivity contribution is 7.90. The molecule has 0 bridgehead atoms. The van der Waals surface area contributed by atoms with Crippen LogP contribution >= 0.6 is 0 Å². The molecule has 0 aliphatic carbocycles. The van der Waals surface area contributed by atoms with Gasteiger partial charge in [0.05, 0.1) is 17.1 Å². The maximum Gasteiger partial charge on any atom is 0.147 e. The lowest BCUT2D eigenvalue weighted by atomic mass is 10.3. The SMILES string of the molecule is CS(=O)(=O)CCc1nn2nc(-c3ccccn3)cc2[n-]1. The maximum atomic E-state index is 11.1. The molecule has 0 atom stereocenters. The van der Waals surface area contributed by atoms with Crippen molar-refractivity contribution in [2.75, 3.05) is 12.0 Å². The molecule has 3 rings (SSSR count). The molecule has 3 aromatic heterocycles. The number of pyridine rings is 1. The molecule has 0 aliphatic heterocycles. The van der Waals surface area contributed by atoms with Gasteiger partial charge in [-0.15, -0.1) is 0 Å². The van der Waals surface area contributed by atoms with Crippen molar-refractivity contribution in [3.63, 3.8) is 0 Å². The molecule has 0 aromatic carbocycles. The van der Waals surface area contributed by atoms with Gasteiger partial charge in [-0.3, -0.25) is 9.61 Å². The second-order valence-corrected chi connectivity index (χ2v) is 6.76.